The van der Waals surface area contributed by atoms with Crippen LogP contribution in [0.25, 0.3) is 0 Å². The third kappa shape index (κ3) is 3.10. The minimum absolute atomic E-state index is 0.846. The third-order valence-electron chi connectivity index (χ3n) is 2.62. The van der Waals surface area contributed by atoms with Crippen LogP contribution in [-0.2, 0) is 13.6 Å². The van der Waals surface area contributed by atoms with E-state index in [-0.39, 0.29) is 0 Å². The van der Waals surface area contributed by atoms with Gasteiger partial charge in [-0.3, -0.25) is 4.68 Å². The van der Waals surface area contributed by atoms with Gasteiger partial charge in [-0.05, 0) is 25.3 Å². The maximum absolute atomic E-state index is 4.01. The number of hydrogen-bond donors (Lipinski definition) is 1. The van der Waals surface area contributed by atoms with E-state index in [4.69, 9.17) is 0 Å². The van der Waals surface area contributed by atoms with Gasteiger partial charge in [0.2, 0.25) is 0 Å². The van der Waals surface area contributed by atoms with Crippen LogP contribution in [0.15, 0.2) is 6.20 Å². The van der Waals surface area contributed by atoms with Crippen LogP contribution in [0.4, 0.5) is 0 Å². The predicted octanol–water partition coefficient (Wildman–Crippen LogP) is 1.09. The molecule has 1 aromatic rings. The van der Waals surface area contributed by atoms with Gasteiger partial charge in [0.25, 0.3) is 0 Å². The molecule has 0 bridgehead atoms. The van der Waals surface area contributed by atoms with Crippen LogP contribution in [0.1, 0.15) is 31.4 Å². The lowest BCUT2D eigenvalue weighted by molar-refractivity contribution is 0.589. The summed E-state index contributed by atoms with van der Waals surface area (Å²) in [4.78, 5) is 0. The Morgan fingerprint density at radius 2 is 2.43 bits per heavy atom. The first kappa shape index (κ1) is 9.65. The van der Waals surface area contributed by atoms with Crippen LogP contribution in [0, 0.1) is 5.92 Å². The molecule has 1 aliphatic carbocycles. The molecule has 0 spiro atoms. The summed E-state index contributed by atoms with van der Waals surface area (Å²) in [5, 5.41) is 11.3. The Morgan fingerprint density at radius 1 is 1.57 bits per heavy atom. The van der Waals surface area contributed by atoms with E-state index in [0.717, 1.165) is 24.7 Å². The Morgan fingerprint density at radius 3 is 3.07 bits per heavy atom. The molecule has 4 nitrogen and oxygen atoms in total. The van der Waals surface area contributed by atoms with Gasteiger partial charge in [-0.25, -0.2) is 0 Å². The molecule has 2 rings (SSSR count). The van der Waals surface area contributed by atoms with Crippen molar-refractivity contribution in [1.82, 2.24) is 20.3 Å². The smallest absolute Gasteiger partial charge is 0.0964 e. The van der Waals surface area contributed by atoms with Gasteiger partial charge < -0.3 is 5.32 Å². The Kier molecular flexibility index (Phi) is 3.14. The summed E-state index contributed by atoms with van der Waals surface area (Å²) >= 11 is 0. The molecule has 4 heteroatoms. The van der Waals surface area contributed by atoms with Gasteiger partial charge in [0.15, 0.2) is 0 Å². The molecule has 1 fully saturated rings. The summed E-state index contributed by atoms with van der Waals surface area (Å²) in [6.45, 7) is 1.95. The van der Waals surface area contributed by atoms with E-state index in [2.05, 4.69) is 15.6 Å². The number of hydrogen-bond acceptors (Lipinski definition) is 3. The average Bonchev–Trinajstić information content (AvgIpc) is 2.89. The summed E-state index contributed by atoms with van der Waals surface area (Å²) in [7, 11) is 1.89. The standard InChI is InChI=1S/C10H18N4/c1-14-8-10(12-13-14)7-11-6-2-3-9-4-5-9/h8-9,11H,2-7H2,1H3. The molecule has 0 amide bonds. The molecule has 78 valence electrons. The topological polar surface area (TPSA) is 42.7 Å². The van der Waals surface area contributed by atoms with Gasteiger partial charge in [-0.15, -0.1) is 5.10 Å². The van der Waals surface area contributed by atoms with E-state index in [9.17, 15) is 0 Å². The average molecular weight is 194 g/mol. The van der Waals surface area contributed by atoms with Crippen molar-refractivity contribution in [3.63, 3.8) is 0 Å². The third-order valence-corrected chi connectivity index (χ3v) is 2.62. The largest absolute Gasteiger partial charge is 0.311 e. The van der Waals surface area contributed by atoms with Crippen molar-refractivity contribution >= 4 is 0 Å². The van der Waals surface area contributed by atoms with Gasteiger partial charge in [-0.2, -0.15) is 0 Å². The monoisotopic (exact) mass is 194 g/mol. The highest BCUT2D eigenvalue weighted by atomic mass is 15.4. The summed E-state index contributed by atoms with van der Waals surface area (Å²) in [5.74, 6) is 1.05. The van der Waals surface area contributed by atoms with Crippen LogP contribution in [-0.4, -0.2) is 21.5 Å². The second kappa shape index (κ2) is 4.55. The number of nitrogens with zero attached hydrogens (tertiary/aromatic N) is 3. The molecule has 0 aromatic carbocycles. The van der Waals surface area contributed by atoms with Gasteiger partial charge >= 0.3 is 0 Å². The van der Waals surface area contributed by atoms with Crippen molar-refractivity contribution < 1.29 is 0 Å². The second-order valence-electron chi connectivity index (χ2n) is 4.15. The molecular weight excluding hydrogens is 176 g/mol. The quantitative estimate of drug-likeness (QED) is 0.689. The zero-order valence-corrected chi connectivity index (χ0v) is 8.74. The minimum Gasteiger partial charge on any atom is -0.311 e. The van der Waals surface area contributed by atoms with E-state index in [1.807, 2.05) is 13.2 Å². The summed E-state index contributed by atoms with van der Waals surface area (Å²) in [6, 6.07) is 0. The lowest BCUT2D eigenvalue weighted by Gasteiger charge is -2.00. The Bertz CT molecular complexity index is 277. The summed E-state index contributed by atoms with van der Waals surface area (Å²) in [6.07, 6.45) is 7.57. The molecule has 0 saturated heterocycles. The molecule has 1 aliphatic rings. The van der Waals surface area contributed by atoms with Gasteiger partial charge in [0.05, 0.1) is 5.69 Å². The molecule has 1 saturated carbocycles. The first-order chi connectivity index (χ1) is 6.84. The van der Waals surface area contributed by atoms with Gasteiger partial charge in [-0.1, -0.05) is 18.1 Å². The van der Waals surface area contributed by atoms with E-state index >= 15 is 0 Å². The fourth-order valence-electron chi connectivity index (χ4n) is 1.62. The van der Waals surface area contributed by atoms with Crippen molar-refractivity contribution in [3.8, 4) is 0 Å². The van der Waals surface area contributed by atoms with Crippen molar-refractivity contribution in [3.05, 3.63) is 11.9 Å². The van der Waals surface area contributed by atoms with Crippen molar-refractivity contribution in [1.29, 1.82) is 0 Å². The molecule has 0 aliphatic heterocycles. The van der Waals surface area contributed by atoms with Crippen LogP contribution in [0.2, 0.25) is 0 Å². The van der Waals surface area contributed by atoms with Gasteiger partial charge in [0.1, 0.15) is 0 Å². The lowest BCUT2D eigenvalue weighted by Crippen LogP contribution is -2.15. The van der Waals surface area contributed by atoms with E-state index in [0.29, 0.717) is 0 Å². The SMILES string of the molecule is Cn1cc(CNCCCC2CC2)nn1. The first-order valence-electron chi connectivity index (χ1n) is 5.40. The number of aryl methyl sites for hydroxylation is 1. The molecular formula is C10H18N4. The minimum atomic E-state index is 0.846. The van der Waals surface area contributed by atoms with Crippen molar-refractivity contribution in [2.75, 3.05) is 6.54 Å². The van der Waals surface area contributed by atoms with Crippen LogP contribution in [0.5, 0.6) is 0 Å². The highest BCUT2D eigenvalue weighted by Crippen LogP contribution is 2.33. The van der Waals surface area contributed by atoms with E-state index in [1.54, 1.807) is 4.68 Å². The molecule has 1 N–H and O–H groups in total. The van der Waals surface area contributed by atoms with Crippen LogP contribution >= 0.6 is 0 Å². The lowest BCUT2D eigenvalue weighted by atomic mass is 10.2. The number of rotatable bonds is 6. The first-order valence-corrected chi connectivity index (χ1v) is 5.40. The highest BCUT2D eigenvalue weighted by molar-refractivity contribution is 4.90. The zero-order chi connectivity index (χ0) is 9.80. The maximum atomic E-state index is 4.01. The summed E-state index contributed by atoms with van der Waals surface area (Å²) in [5.41, 5.74) is 1.03. The van der Waals surface area contributed by atoms with Crippen molar-refractivity contribution in [2.45, 2.75) is 32.2 Å². The Hall–Kier alpha value is -0.900. The number of aromatic nitrogens is 3. The number of nitrogens with one attached hydrogen (secondary N) is 1. The molecule has 1 heterocycles. The van der Waals surface area contributed by atoms with E-state index < -0.39 is 0 Å². The van der Waals surface area contributed by atoms with Gasteiger partial charge in [0, 0.05) is 19.8 Å². The molecule has 1 aromatic heterocycles. The van der Waals surface area contributed by atoms with Crippen molar-refractivity contribution in [2.24, 2.45) is 13.0 Å². The molecule has 0 atom stereocenters. The normalized spacial score (nSPS) is 16.1. The fraction of sp³-hybridized carbons (Fsp3) is 0.800. The predicted molar refractivity (Wildman–Crippen MR) is 54.7 cm³/mol. The maximum Gasteiger partial charge on any atom is 0.0964 e. The van der Waals surface area contributed by atoms with Crippen LogP contribution in [0.3, 0.4) is 0 Å². The molecule has 0 unspecified atom stereocenters. The molecule has 0 radical (unpaired) electrons. The highest BCUT2D eigenvalue weighted by Gasteiger charge is 2.19. The summed E-state index contributed by atoms with van der Waals surface area (Å²) < 4.78 is 1.74. The second-order valence-corrected chi connectivity index (χ2v) is 4.15. The molecule has 14 heavy (non-hydrogen) atoms. The zero-order valence-electron chi connectivity index (χ0n) is 8.74. The van der Waals surface area contributed by atoms with E-state index in [1.165, 1.54) is 25.7 Å². The Balaban J connectivity index is 1.53. The van der Waals surface area contributed by atoms with Crippen LogP contribution < -0.4 is 5.32 Å². The fourth-order valence-corrected chi connectivity index (χ4v) is 1.62. The Labute approximate surface area is 84.7 Å².